The third-order valence-electron chi connectivity index (χ3n) is 4.69. The summed E-state index contributed by atoms with van der Waals surface area (Å²) >= 11 is 6.17. The van der Waals surface area contributed by atoms with Crippen molar-refractivity contribution in [3.05, 3.63) is 81.9 Å². The Morgan fingerprint density at radius 2 is 1.79 bits per heavy atom. The van der Waals surface area contributed by atoms with Crippen LogP contribution in [0.25, 0.3) is 16.7 Å². The minimum atomic E-state index is -0.331. The minimum Gasteiger partial charge on any atom is -0.322 e. The Kier molecular flexibility index (Phi) is 4.80. The molecule has 0 saturated heterocycles. The zero-order valence-electron chi connectivity index (χ0n) is 16.1. The van der Waals surface area contributed by atoms with Gasteiger partial charge in [0.05, 0.1) is 22.3 Å². The molecule has 0 atom stereocenters. The van der Waals surface area contributed by atoms with Crippen LogP contribution in [0.4, 0.5) is 10.1 Å². The normalized spacial score (nSPS) is 11.1. The first-order valence-corrected chi connectivity index (χ1v) is 9.41. The van der Waals surface area contributed by atoms with Gasteiger partial charge in [-0.05, 0) is 68.8 Å². The summed E-state index contributed by atoms with van der Waals surface area (Å²) in [5.41, 5.74) is 4.55. The van der Waals surface area contributed by atoms with Gasteiger partial charge in [-0.1, -0.05) is 17.7 Å². The zero-order valence-corrected chi connectivity index (χ0v) is 16.9. The topological polar surface area (TPSA) is 59.8 Å². The number of aryl methyl sites for hydroxylation is 3. The van der Waals surface area contributed by atoms with Crippen molar-refractivity contribution in [1.29, 1.82) is 0 Å². The van der Waals surface area contributed by atoms with E-state index in [9.17, 15) is 9.18 Å². The third-order valence-corrected chi connectivity index (χ3v) is 5.09. The first-order chi connectivity index (χ1) is 13.8. The molecule has 146 valence electrons. The van der Waals surface area contributed by atoms with Crippen LogP contribution < -0.4 is 5.32 Å². The second kappa shape index (κ2) is 7.29. The molecule has 2 heterocycles. The van der Waals surface area contributed by atoms with Crippen LogP contribution in [0.3, 0.4) is 0 Å². The molecule has 0 unspecified atom stereocenters. The van der Waals surface area contributed by atoms with Gasteiger partial charge in [-0.3, -0.25) is 4.79 Å². The summed E-state index contributed by atoms with van der Waals surface area (Å²) in [6.45, 7) is 5.53. The lowest BCUT2D eigenvalue weighted by Gasteiger charge is -2.09. The van der Waals surface area contributed by atoms with Crippen LogP contribution in [0.5, 0.6) is 0 Å². The quantitative estimate of drug-likeness (QED) is 0.494. The number of halogens is 2. The van der Waals surface area contributed by atoms with Crippen molar-refractivity contribution in [3.8, 4) is 5.69 Å². The lowest BCUT2D eigenvalue weighted by atomic mass is 10.1. The van der Waals surface area contributed by atoms with Gasteiger partial charge in [0.25, 0.3) is 5.91 Å². The molecule has 0 bridgehead atoms. The van der Waals surface area contributed by atoms with Crippen molar-refractivity contribution in [2.45, 2.75) is 20.8 Å². The van der Waals surface area contributed by atoms with Gasteiger partial charge in [0, 0.05) is 16.4 Å². The van der Waals surface area contributed by atoms with Crippen LogP contribution in [-0.2, 0) is 0 Å². The average Bonchev–Trinajstić information content (AvgIpc) is 3.01. The van der Waals surface area contributed by atoms with Crippen molar-refractivity contribution in [1.82, 2.24) is 14.8 Å². The highest BCUT2D eigenvalue weighted by molar-refractivity contribution is 6.31. The number of nitrogens with one attached hydrogen (secondary N) is 1. The molecule has 1 N–H and O–H groups in total. The van der Waals surface area contributed by atoms with Crippen molar-refractivity contribution < 1.29 is 9.18 Å². The van der Waals surface area contributed by atoms with Crippen LogP contribution in [0.2, 0.25) is 5.02 Å². The average molecular weight is 409 g/mol. The Morgan fingerprint density at radius 1 is 1.07 bits per heavy atom. The molecule has 5 nitrogen and oxygen atoms in total. The Balaban J connectivity index is 1.81. The first kappa shape index (κ1) is 19.1. The second-order valence-electron chi connectivity index (χ2n) is 6.90. The molecule has 0 spiro atoms. The second-order valence-corrected chi connectivity index (χ2v) is 7.31. The highest BCUT2D eigenvalue weighted by Crippen LogP contribution is 2.26. The number of fused-ring (bicyclic) bond motifs is 1. The predicted molar refractivity (Wildman–Crippen MR) is 112 cm³/mol. The van der Waals surface area contributed by atoms with Gasteiger partial charge in [-0.25, -0.2) is 14.1 Å². The maximum absolute atomic E-state index is 13.3. The number of hydrogen-bond donors (Lipinski definition) is 1. The number of nitrogens with zero attached hydrogens (tertiary/aromatic N) is 3. The van der Waals surface area contributed by atoms with Crippen LogP contribution in [-0.4, -0.2) is 20.7 Å². The Labute approximate surface area is 172 Å². The van der Waals surface area contributed by atoms with E-state index in [4.69, 9.17) is 11.6 Å². The van der Waals surface area contributed by atoms with Crippen LogP contribution >= 0.6 is 11.6 Å². The molecule has 0 aliphatic rings. The number of carbonyl (C=O) groups is 1. The van der Waals surface area contributed by atoms with E-state index < -0.39 is 0 Å². The molecule has 29 heavy (non-hydrogen) atoms. The van der Waals surface area contributed by atoms with Crippen molar-refractivity contribution >= 4 is 34.2 Å². The Bertz CT molecular complexity index is 1250. The summed E-state index contributed by atoms with van der Waals surface area (Å²) in [5, 5.41) is 8.66. The Hall–Kier alpha value is -3.25. The smallest absolute Gasteiger partial charge is 0.256 e. The summed E-state index contributed by atoms with van der Waals surface area (Å²) in [4.78, 5) is 17.6. The van der Waals surface area contributed by atoms with Crippen LogP contribution in [0.15, 0.2) is 48.5 Å². The lowest BCUT2D eigenvalue weighted by molar-refractivity contribution is 0.102. The van der Waals surface area contributed by atoms with E-state index in [1.807, 2.05) is 26.8 Å². The number of anilines is 1. The maximum Gasteiger partial charge on any atom is 0.256 e. The fraction of sp³-hybridized carbons (Fsp3) is 0.136. The number of rotatable bonds is 3. The van der Waals surface area contributed by atoms with Gasteiger partial charge in [0.15, 0.2) is 5.65 Å². The van der Waals surface area contributed by atoms with E-state index in [-0.39, 0.29) is 11.7 Å². The van der Waals surface area contributed by atoms with Gasteiger partial charge in [0.2, 0.25) is 0 Å². The fourth-order valence-corrected chi connectivity index (χ4v) is 3.41. The van der Waals surface area contributed by atoms with Crippen molar-refractivity contribution in [2.24, 2.45) is 0 Å². The summed E-state index contributed by atoms with van der Waals surface area (Å²) in [7, 11) is 0. The molecule has 0 aliphatic heterocycles. The maximum atomic E-state index is 13.3. The van der Waals surface area contributed by atoms with Crippen LogP contribution in [0.1, 0.15) is 27.3 Å². The van der Waals surface area contributed by atoms with E-state index >= 15 is 0 Å². The van der Waals surface area contributed by atoms with E-state index in [0.29, 0.717) is 44.4 Å². The number of amides is 1. The van der Waals surface area contributed by atoms with Gasteiger partial charge < -0.3 is 5.32 Å². The molecule has 0 fully saturated rings. The highest BCUT2D eigenvalue weighted by Gasteiger charge is 2.20. The van der Waals surface area contributed by atoms with Gasteiger partial charge in [0.1, 0.15) is 5.82 Å². The monoisotopic (exact) mass is 408 g/mol. The summed E-state index contributed by atoms with van der Waals surface area (Å²) in [5.74, 6) is -0.606. The molecule has 4 rings (SSSR count). The molecule has 0 radical (unpaired) electrons. The predicted octanol–water partition coefficient (Wildman–Crippen LogP) is 5.39. The Morgan fingerprint density at radius 3 is 2.48 bits per heavy atom. The molecule has 1 amide bonds. The molecule has 2 aromatic carbocycles. The first-order valence-electron chi connectivity index (χ1n) is 9.04. The fourth-order valence-electron chi connectivity index (χ4n) is 3.22. The minimum absolute atomic E-state index is 0.276. The SMILES string of the molecule is Cc1cc(C(=O)Nc2ccc(C)c(Cl)c2)c2c(C)nn(-c3ccc(F)cc3)c2n1. The van der Waals surface area contributed by atoms with Crippen molar-refractivity contribution in [3.63, 3.8) is 0 Å². The van der Waals surface area contributed by atoms with Crippen LogP contribution in [0, 0.1) is 26.6 Å². The highest BCUT2D eigenvalue weighted by atomic mass is 35.5. The number of benzene rings is 2. The summed E-state index contributed by atoms with van der Waals surface area (Å²) in [6.07, 6.45) is 0. The van der Waals surface area contributed by atoms with E-state index in [0.717, 1.165) is 5.56 Å². The zero-order chi connectivity index (χ0) is 20.7. The molecule has 0 saturated carbocycles. The van der Waals surface area contributed by atoms with Gasteiger partial charge in [-0.15, -0.1) is 0 Å². The van der Waals surface area contributed by atoms with Crippen molar-refractivity contribution in [2.75, 3.05) is 5.32 Å². The molecular weight excluding hydrogens is 391 g/mol. The van der Waals surface area contributed by atoms with E-state index in [1.165, 1.54) is 12.1 Å². The number of hydrogen-bond acceptors (Lipinski definition) is 3. The molecule has 4 aromatic rings. The summed E-state index contributed by atoms with van der Waals surface area (Å²) in [6, 6.07) is 13.1. The molecule has 2 aromatic heterocycles. The standard InChI is InChI=1S/C22H18ClFN4O/c1-12-4-7-16(11-19(12)23)26-22(29)18-10-13(2)25-21-20(18)14(3)27-28(21)17-8-5-15(24)6-9-17/h4-11H,1-3H3,(H,26,29). The lowest BCUT2D eigenvalue weighted by Crippen LogP contribution is -2.13. The third kappa shape index (κ3) is 3.59. The van der Waals surface area contributed by atoms with Gasteiger partial charge >= 0.3 is 0 Å². The number of pyridine rings is 1. The number of aromatic nitrogens is 3. The molecular formula is C22H18ClFN4O. The van der Waals surface area contributed by atoms with E-state index in [1.54, 1.807) is 35.0 Å². The molecule has 0 aliphatic carbocycles. The summed E-state index contributed by atoms with van der Waals surface area (Å²) < 4.78 is 14.9. The van der Waals surface area contributed by atoms with E-state index in [2.05, 4.69) is 15.4 Å². The largest absolute Gasteiger partial charge is 0.322 e. The number of carbonyl (C=O) groups excluding carboxylic acids is 1. The van der Waals surface area contributed by atoms with Gasteiger partial charge in [-0.2, -0.15) is 5.10 Å². The molecule has 7 heteroatoms.